The van der Waals surface area contributed by atoms with Gasteiger partial charge in [0.1, 0.15) is 0 Å². The van der Waals surface area contributed by atoms with E-state index >= 15 is 0 Å². The quantitative estimate of drug-likeness (QED) is 0.617. The molecule has 2 heterocycles. The van der Waals surface area contributed by atoms with Crippen LogP contribution in [0.5, 0.6) is 23.5 Å². The van der Waals surface area contributed by atoms with Crippen LogP contribution in [0.1, 0.15) is 0 Å². The Labute approximate surface area is 139 Å². The molecule has 0 fully saturated rings. The average molecular weight is 338 g/mol. The number of methoxy groups -OCH3 is 4. The topological polar surface area (TPSA) is 167 Å². The fraction of sp³-hybridized carbons (Fsp3) is 0.286. The molecule has 0 amide bonds. The first-order chi connectivity index (χ1) is 11.4. The number of ether oxygens (including phenoxy) is 4. The van der Waals surface area contributed by atoms with Crippen molar-refractivity contribution in [3.63, 3.8) is 0 Å². The van der Waals surface area contributed by atoms with Crippen LogP contribution < -0.4 is 41.9 Å². The Morgan fingerprint density at radius 2 is 0.750 bits per heavy atom. The van der Waals surface area contributed by atoms with Crippen LogP contribution in [0.15, 0.2) is 12.1 Å². The van der Waals surface area contributed by atoms with Crippen molar-refractivity contribution in [1.82, 2.24) is 9.97 Å². The van der Waals surface area contributed by atoms with Crippen molar-refractivity contribution in [2.24, 2.45) is 0 Å². The molecule has 2 aromatic rings. The van der Waals surface area contributed by atoms with Gasteiger partial charge in [-0.2, -0.15) is 9.97 Å². The number of hydrogen-bond donors (Lipinski definition) is 4. The smallest absolute Gasteiger partial charge is 0.240 e. The van der Waals surface area contributed by atoms with E-state index in [0.29, 0.717) is 46.3 Å². The average Bonchev–Trinajstić information content (AvgIpc) is 2.56. The maximum Gasteiger partial charge on any atom is 0.240 e. The van der Waals surface area contributed by atoms with Crippen molar-refractivity contribution in [1.29, 1.82) is 0 Å². The highest BCUT2D eigenvalue weighted by molar-refractivity contribution is 5.62. The summed E-state index contributed by atoms with van der Waals surface area (Å²) in [5.41, 5.74) is 23.7. The first-order valence-electron chi connectivity index (χ1n) is 6.65. The summed E-state index contributed by atoms with van der Waals surface area (Å²) in [6.07, 6.45) is 0. The van der Waals surface area contributed by atoms with E-state index in [9.17, 15) is 0 Å². The zero-order valence-corrected chi connectivity index (χ0v) is 14.0. The van der Waals surface area contributed by atoms with E-state index < -0.39 is 0 Å². The fourth-order valence-corrected chi connectivity index (χ4v) is 1.68. The summed E-state index contributed by atoms with van der Waals surface area (Å²) in [4.78, 5) is 7.83. The minimum absolute atomic E-state index is 0.320. The van der Waals surface area contributed by atoms with Crippen LogP contribution in [-0.4, -0.2) is 38.4 Å². The summed E-state index contributed by atoms with van der Waals surface area (Å²) >= 11 is 0. The second-order valence-electron chi connectivity index (χ2n) is 4.37. The van der Waals surface area contributed by atoms with E-state index in [-0.39, 0.29) is 0 Å². The van der Waals surface area contributed by atoms with Gasteiger partial charge in [0.25, 0.3) is 0 Å². The predicted molar refractivity (Wildman–Crippen MR) is 92.3 cm³/mol. The number of hydrogen-bond acceptors (Lipinski definition) is 10. The monoisotopic (exact) mass is 338 g/mol. The van der Waals surface area contributed by atoms with Crippen LogP contribution in [-0.2, 0) is 0 Å². The lowest BCUT2D eigenvalue weighted by molar-refractivity contribution is 0.367. The molecule has 0 atom stereocenters. The number of rotatable bonds is 4. The Hall–Kier alpha value is -3.30. The minimum Gasteiger partial charge on any atom is -0.479 e. The molecule has 24 heavy (non-hydrogen) atoms. The van der Waals surface area contributed by atoms with Gasteiger partial charge in [0, 0.05) is 0 Å². The third-order valence-corrected chi connectivity index (χ3v) is 2.79. The summed E-state index contributed by atoms with van der Waals surface area (Å²) < 4.78 is 19.5. The molecule has 0 aliphatic carbocycles. The predicted octanol–water partition coefficient (Wildman–Crippen LogP) is 0.526. The molecule has 0 bridgehead atoms. The third-order valence-electron chi connectivity index (χ3n) is 2.79. The van der Waals surface area contributed by atoms with Crippen LogP contribution in [0.2, 0.25) is 0 Å². The van der Waals surface area contributed by atoms with Gasteiger partial charge in [-0.05, 0) is 12.1 Å². The highest BCUT2D eigenvalue weighted by atomic mass is 16.5. The molecule has 0 spiro atoms. The van der Waals surface area contributed by atoms with Gasteiger partial charge < -0.3 is 41.9 Å². The second kappa shape index (κ2) is 8.36. The number of aromatic nitrogens is 2. The highest BCUT2D eigenvalue weighted by Gasteiger charge is 2.08. The van der Waals surface area contributed by atoms with Crippen molar-refractivity contribution < 1.29 is 18.9 Å². The number of nitrogens with two attached hydrogens (primary N) is 4. The molecule has 0 saturated heterocycles. The van der Waals surface area contributed by atoms with E-state index in [1.807, 2.05) is 0 Å². The lowest BCUT2D eigenvalue weighted by Crippen LogP contribution is -2.01. The molecule has 0 unspecified atom stereocenters. The number of anilines is 4. The summed E-state index contributed by atoms with van der Waals surface area (Å²) in [7, 11) is 5.92. The first-order valence-corrected chi connectivity index (χ1v) is 6.65. The molecule has 2 rings (SSSR count). The van der Waals surface area contributed by atoms with Gasteiger partial charge >= 0.3 is 0 Å². The summed E-state index contributed by atoms with van der Waals surface area (Å²) in [5.74, 6) is 1.28. The van der Waals surface area contributed by atoms with Crippen LogP contribution in [0.3, 0.4) is 0 Å². The Kier molecular flexibility index (Phi) is 6.53. The molecular weight excluding hydrogens is 316 g/mol. The molecule has 10 heteroatoms. The van der Waals surface area contributed by atoms with E-state index in [4.69, 9.17) is 41.9 Å². The molecule has 10 nitrogen and oxygen atoms in total. The molecule has 0 aliphatic heterocycles. The molecular formula is C14H22N6O4. The second-order valence-corrected chi connectivity index (χ2v) is 4.37. The number of pyridine rings is 2. The fourth-order valence-electron chi connectivity index (χ4n) is 1.68. The lowest BCUT2D eigenvalue weighted by atomic mass is 10.3. The van der Waals surface area contributed by atoms with Crippen LogP contribution in [0, 0.1) is 0 Å². The Morgan fingerprint density at radius 3 is 0.917 bits per heavy atom. The molecule has 0 aliphatic rings. The maximum atomic E-state index is 5.53. The van der Waals surface area contributed by atoms with Gasteiger partial charge in [-0.15, -0.1) is 0 Å². The molecule has 132 valence electrons. The van der Waals surface area contributed by atoms with E-state index in [0.717, 1.165) is 0 Å². The maximum absolute atomic E-state index is 5.53. The van der Waals surface area contributed by atoms with Gasteiger partial charge in [0.05, 0.1) is 51.2 Å². The summed E-state index contributed by atoms with van der Waals surface area (Å²) in [6.45, 7) is 0. The SMILES string of the molecule is COc1nc(OC)c(N)cc1N.COc1nc(OC)c(N)cc1N. The lowest BCUT2D eigenvalue weighted by Gasteiger charge is -2.07. The molecule has 2 aromatic heterocycles. The van der Waals surface area contributed by atoms with Gasteiger partial charge in [0.15, 0.2) is 0 Å². The molecule has 0 saturated carbocycles. The van der Waals surface area contributed by atoms with Gasteiger partial charge in [0.2, 0.25) is 23.5 Å². The summed E-state index contributed by atoms with van der Waals surface area (Å²) in [6, 6.07) is 3.09. The van der Waals surface area contributed by atoms with Crippen LogP contribution >= 0.6 is 0 Å². The third kappa shape index (κ3) is 4.35. The number of nitrogen functional groups attached to an aromatic ring is 4. The normalized spacial score (nSPS) is 9.50. The van der Waals surface area contributed by atoms with Crippen molar-refractivity contribution in [2.45, 2.75) is 0 Å². The Balaban J connectivity index is 0.000000240. The Morgan fingerprint density at radius 1 is 0.542 bits per heavy atom. The largest absolute Gasteiger partial charge is 0.479 e. The minimum atomic E-state index is 0.320. The molecule has 0 aromatic carbocycles. The standard InChI is InChI=1S/2C7H11N3O2/c2*1-11-6-4(8)3-5(9)7(10-6)12-2/h2*3H,8-9H2,1-2H3. The van der Waals surface area contributed by atoms with Gasteiger partial charge in [-0.1, -0.05) is 0 Å². The van der Waals surface area contributed by atoms with Gasteiger partial charge in [-0.25, -0.2) is 0 Å². The van der Waals surface area contributed by atoms with E-state index in [1.54, 1.807) is 12.1 Å². The summed E-state index contributed by atoms with van der Waals surface area (Å²) in [5, 5.41) is 0. The van der Waals surface area contributed by atoms with E-state index in [1.165, 1.54) is 28.4 Å². The highest BCUT2D eigenvalue weighted by Crippen LogP contribution is 2.28. The van der Waals surface area contributed by atoms with Crippen molar-refractivity contribution in [2.75, 3.05) is 51.4 Å². The van der Waals surface area contributed by atoms with Crippen molar-refractivity contribution >= 4 is 22.7 Å². The van der Waals surface area contributed by atoms with Crippen LogP contribution in [0.4, 0.5) is 22.7 Å². The zero-order valence-electron chi connectivity index (χ0n) is 14.0. The van der Waals surface area contributed by atoms with Gasteiger partial charge in [-0.3, -0.25) is 0 Å². The van der Waals surface area contributed by atoms with E-state index in [2.05, 4.69) is 9.97 Å². The Bertz CT molecular complexity index is 585. The zero-order chi connectivity index (χ0) is 18.3. The number of nitrogens with zero attached hydrogens (tertiary/aromatic N) is 2. The molecule has 0 radical (unpaired) electrons. The van der Waals surface area contributed by atoms with Crippen molar-refractivity contribution in [3.8, 4) is 23.5 Å². The van der Waals surface area contributed by atoms with Crippen LogP contribution in [0.25, 0.3) is 0 Å². The molecule has 8 N–H and O–H groups in total. The first kappa shape index (κ1) is 18.7. The van der Waals surface area contributed by atoms with Crippen molar-refractivity contribution in [3.05, 3.63) is 12.1 Å².